The summed E-state index contributed by atoms with van der Waals surface area (Å²) in [5.41, 5.74) is 2.95. The van der Waals surface area contributed by atoms with E-state index < -0.39 is 17.1 Å². The average Bonchev–Trinajstić information content (AvgIpc) is 3.49. The van der Waals surface area contributed by atoms with Crippen LogP contribution >= 0.6 is 23.1 Å². The fourth-order valence-corrected chi connectivity index (χ4v) is 5.88. The number of anilines is 2. The van der Waals surface area contributed by atoms with Crippen molar-refractivity contribution in [3.63, 3.8) is 0 Å². The minimum Gasteiger partial charge on any atom is -0.497 e. The SMILES string of the molecule is COc1cccc(-c2csc(NC(=O)C(Sc3ccc(NC(=O)c4ccccc4C(=O)O)cc3)c3ccccc3)n2)c1. The molecule has 2 amide bonds. The van der Waals surface area contributed by atoms with Crippen molar-refractivity contribution >= 4 is 51.7 Å². The van der Waals surface area contributed by atoms with Crippen LogP contribution in [0.1, 0.15) is 31.5 Å². The summed E-state index contributed by atoms with van der Waals surface area (Å²) in [6.07, 6.45) is 0. The van der Waals surface area contributed by atoms with Gasteiger partial charge in [-0.2, -0.15) is 0 Å². The third-order valence-corrected chi connectivity index (χ3v) is 8.23. The molecule has 8 nitrogen and oxygen atoms in total. The molecule has 0 spiro atoms. The van der Waals surface area contributed by atoms with Crippen molar-refractivity contribution in [3.8, 4) is 17.0 Å². The number of amides is 2. The van der Waals surface area contributed by atoms with Crippen LogP contribution in [0.3, 0.4) is 0 Å². The standard InChI is InChI=1S/C32H25N3O5S2/c1-40-23-11-7-10-21(18-23)27-19-41-32(34-27)35-30(37)28(20-8-3-2-4-9-20)42-24-16-14-22(15-17-24)33-29(36)25-12-5-6-13-26(25)31(38)39/h2-19,28H,1H3,(H,33,36)(H,38,39)(H,34,35,37). The minimum atomic E-state index is -1.17. The first-order valence-corrected chi connectivity index (χ1v) is 14.5. The maximum Gasteiger partial charge on any atom is 0.336 e. The largest absolute Gasteiger partial charge is 0.497 e. The lowest BCUT2D eigenvalue weighted by Crippen LogP contribution is -2.19. The smallest absolute Gasteiger partial charge is 0.336 e. The van der Waals surface area contributed by atoms with Crippen molar-refractivity contribution in [2.24, 2.45) is 0 Å². The number of nitrogens with zero attached hydrogens (tertiary/aromatic N) is 1. The van der Waals surface area contributed by atoms with E-state index in [9.17, 15) is 19.5 Å². The van der Waals surface area contributed by atoms with E-state index in [1.807, 2.05) is 60.0 Å². The van der Waals surface area contributed by atoms with Crippen LogP contribution in [0.2, 0.25) is 0 Å². The lowest BCUT2D eigenvalue weighted by molar-refractivity contribution is -0.115. The van der Waals surface area contributed by atoms with Gasteiger partial charge in [0, 0.05) is 21.5 Å². The number of nitrogens with one attached hydrogen (secondary N) is 2. The van der Waals surface area contributed by atoms with E-state index in [1.165, 1.54) is 35.2 Å². The number of hydrogen-bond donors (Lipinski definition) is 3. The van der Waals surface area contributed by atoms with Gasteiger partial charge in [-0.05, 0) is 54.1 Å². The number of thioether (sulfide) groups is 1. The Morgan fingerprint density at radius 1 is 0.857 bits per heavy atom. The quantitative estimate of drug-likeness (QED) is 0.146. The molecule has 1 aromatic heterocycles. The zero-order chi connectivity index (χ0) is 29.5. The Labute approximate surface area is 250 Å². The van der Waals surface area contributed by atoms with E-state index in [-0.39, 0.29) is 17.0 Å². The molecule has 0 saturated carbocycles. The summed E-state index contributed by atoms with van der Waals surface area (Å²) in [6.45, 7) is 0. The number of aromatic carboxylic acids is 1. The normalized spacial score (nSPS) is 11.4. The Balaban J connectivity index is 1.30. The molecule has 5 aromatic rings. The molecule has 3 N–H and O–H groups in total. The summed E-state index contributed by atoms with van der Waals surface area (Å²) in [4.78, 5) is 43.1. The molecule has 0 fully saturated rings. The summed E-state index contributed by atoms with van der Waals surface area (Å²) >= 11 is 2.71. The predicted molar refractivity (Wildman–Crippen MR) is 166 cm³/mol. The van der Waals surface area contributed by atoms with E-state index in [2.05, 4.69) is 15.6 Å². The molecule has 1 unspecified atom stereocenters. The highest BCUT2D eigenvalue weighted by Gasteiger charge is 2.23. The molecule has 0 aliphatic rings. The molecule has 1 heterocycles. The Morgan fingerprint density at radius 2 is 1.57 bits per heavy atom. The van der Waals surface area contributed by atoms with Crippen LogP contribution in [0.4, 0.5) is 10.8 Å². The van der Waals surface area contributed by atoms with Gasteiger partial charge in [0.25, 0.3) is 5.91 Å². The van der Waals surface area contributed by atoms with Crippen molar-refractivity contribution in [2.45, 2.75) is 10.1 Å². The second kappa shape index (κ2) is 13.2. The number of rotatable bonds is 10. The molecule has 0 saturated heterocycles. The number of ether oxygens (including phenoxy) is 1. The van der Waals surface area contributed by atoms with Crippen LogP contribution in [0.5, 0.6) is 5.75 Å². The third kappa shape index (κ3) is 6.85. The average molecular weight is 596 g/mol. The molecule has 42 heavy (non-hydrogen) atoms. The summed E-state index contributed by atoms with van der Waals surface area (Å²) in [5, 5.41) is 16.9. The van der Waals surface area contributed by atoms with Gasteiger partial charge >= 0.3 is 5.97 Å². The number of carbonyl (C=O) groups is 3. The van der Waals surface area contributed by atoms with Crippen LogP contribution < -0.4 is 15.4 Å². The molecule has 210 valence electrons. The van der Waals surface area contributed by atoms with Crippen molar-refractivity contribution in [1.82, 2.24) is 4.98 Å². The first-order valence-electron chi connectivity index (χ1n) is 12.8. The van der Waals surface area contributed by atoms with E-state index >= 15 is 0 Å². The summed E-state index contributed by atoms with van der Waals surface area (Å²) in [7, 11) is 1.61. The second-order valence-corrected chi connectivity index (χ2v) is 11.0. The fourth-order valence-electron chi connectivity index (χ4n) is 4.14. The zero-order valence-corrected chi connectivity index (χ0v) is 23.9. The van der Waals surface area contributed by atoms with Crippen LogP contribution in [0.15, 0.2) is 113 Å². The molecule has 0 aliphatic heterocycles. The van der Waals surface area contributed by atoms with E-state index in [0.717, 1.165) is 27.5 Å². The summed E-state index contributed by atoms with van der Waals surface area (Å²) < 4.78 is 5.31. The summed E-state index contributed by atoms with van der Waals surface area (Å²) in [6, 6.07) is 30.1. The molecule has 0 aliphatic carbocycles. The topological polar surface area (TPSA) is 118 Å². The Hall–Kier alpha value is -4.93. The Morgan fingerprint density at radius 3 is 2.29 bits per heavy atom. The van der Waals surface area contributed by atoms with Crippen LogP contribution in [0.25, 0.3) is 11.3 Å². The number of thiazole rings is 1. The molecule has 4 aromatic carbocycles. The number of carboxylic acids is 1. The fraction of sp³-hybridized carbons (Fsp3) is 0.0625. The van der Waals surface area contributed by atoms with Crippen molar-refractivity contribution in [2.75, 3.05) is 17.7 Å². The lowest BCUT2D eigenvalue weighted by Gasteiger charge is -2.16. The minimum absolute atomic E-state index is 0.0704. The van der Waals surface area contributed by atoms with Crippen LogP contribution in [0, 0.1) is 0 Å². The second-order valence-electron chi connectivity index (χ2n) is 9.00. The van der Waals surface area contributed by atoms with Gasteiger partial charge in [-0.15, -0.1) is 23.1 Å². The monoisotopic (exact) mass is 595 g/mol. The van der Waals surface area contributed by atoms with Gasteiger partial charge in [0.1, 0.15) is 11.0 Å². The Bertz CT molecular complexity index is 1720. The highest BCUT2D eigenvalue weighted by atomic mass is 32.2. The highest BCUT2D eigenvalue weighted by Crippen LogP contribution is 2.37. The molecule has 1 atom stereocenters. The van der Waals surface area contributed by atoms with Gasteiger partial charge in [-0.25, -0.2) is 9.78 Å². The van der Waals surface area contributed by atoms with Crippen molar-refractivity contribution in [3.05, 3.63) is 125 Å². The number of carbonyl (C=O) groups excluding carboxylic acids is 2. The molecule has 10 heteroatoms. The highest BCUT2D eigenvalue weighted by molar-refractivity contribution is 8.00. The van der Waals surface area contributed by atoms with Gasteiger partial charge in [0.05, 0.1) is 23.9 Å². The number of hydrogen-bond acceptors (Lipinski definition) is 7. The van der Waals surface area contributed by atoms with Crippen molar-refractivity contribution < 1.29 is 24.2 Å². The third-order valence-electron chi connectivity index (χ3n) is 6.21. The first-order chi connectivity index (χ1) is 20.4. The first kappa shape index (κ1) is 28.6. The van der Waals surface area contributed by atoms with Crippen LogP contribution in [-0.4, -0.2) is 35.0 Å². The predicted octanol–water partition coefficient (Wildman–Crippen LogP) is 7.24. The maximum absolute atomic E-state index is 13.5. The number of aromatic nitrogens is 1. The summed E-state index contributed by atoms with van der Waals surface area (Å²) in [5.74, 6) is -1.19. The van der Waals surface area contributed by atoms with E-state index in [4.69, 9.17) is 4.74 Å². The number of carboxylic acid groups (broad SMARTS) is 1. The molecular weight excluding hydrogens is 571 g/mol. The van der Waals surface area contributed by atoms with Gasteiger partial charge in [-0.3, -0.25) is 9.59 Å². The van der Waals surface area contributed by atoms with Gasteiger partial charge in [-0.1, -0.05) is 54.6 Å². The molecular formula is C32H25N3O5S2. The molecule has 0 radical (unpaired) electrons. The number of benzene rings is 4. The molecule has 5 rings (SSSR count). The molecule has 0 bridgehead atoms. The lowest BCUT2D eigenvalue weighted by atomic mass is 10.1. The van der Waals surface area contributed by atoms with Crippen LogP contribution in [-0.2, 0) is 4.79 Å². The van der Waals surface area contributed by atoms with Gasteiger partial charge < -0.3 is 20.5 Å². The van der Waals surface area contributed by atoms with Crippen molar-refractivity contribution in [1.29, 1.82) is 0 Å². The van der Waals surface area contributed by atoms with E-state index in [1.54, 1.807) is 43.5 Å². The number of methoxy groups -OCH3 is 1. The Kier molecular flexibility index (Phi) is 8.96. The van der Waals surface area contributed by atoms with Gasteiger partial charge in [0.15, 0.2) is 5.13 Å². The maximum atomic E-state index is 13.5. The zero-order valence-electron chi connectivity index (χ0n) is 22.3. The van der Waals surface area contributed by atoms with E-state index in [0.29, 0.717) is 10.8 Å². The van der Waals surface area contributed by atoms with Gasteiger partial charge in [0.2, 0.25) is 5.91 Å².